The molecule has 3 heteroatoms. The van der Waals surface area contributed by atoms with E-state index in [0.29, 0.717) is 12.0 Å². The van der Waals surface area contributed by atoms with E-state index in [1.54, 1.807) is 0 Å². The molecule has 0 aromatic heterocycles. The Morgan fingerprint density at radius 1 is 1.38 bits per heavy atom. The molecule has 0 aliphatic carbocycles. The van der Waals surface area contributed by atoms with Crippen molar-refractivity contribution in [2.24, 2.45) is 5.92 Å². The summed E-state index contributed by atoms with van der Waals surface area (Å²) in [5.74, 6) is 2.64. The third kappa shape index (κ3) is 2.36. The second-order valence-electron chi connectivity index (χ2n) is 4.47. The number of hydrogen-bond acceptors (Lipinski definition) is 3. The van der Waals surface area contributed by atoms with Crippen LogP contribution in [0.3, 0.4) is 0 Å². The van der Waals surface area contributed by atoms with Gasteiger partial charge in [0.25, 0.3) is 0 Å². The molecule has 1 aromatic carbocycles. The molecule has 1 aliphatic rings. The average molecular weight is 237 g/mol. The van der Waals surface area contributed by atoms with Gasteiger partial charge < -0.3 is 10.1 Å². The molecule has 0 spiro atoms. The van der Waals surface area contributed by atoms with Crippen molar-refractivity contribution in [1.82, 2.24) is 5.32 Å². The molecule has 0 saturated heterocycles. The van der Waals surface area contributed by atoms with E-state index >= 15 is 0 Å². The Kier molecular flexibility index (Phi) is 3.77. The van der Waals surface area contributed by atoms with Crippen LogP contribution in [0.4, 0.5) is 0 Å². The lowest BCUT2D eigenvalue weighted by molar-refractivity contribution is 0.146. The van der Waals surface area contributed by atoms with Crippen LogP contribution in [-0.2, 0) is 0 Å². The van der Waals surface area contributed by atoms with Gasteiger partial charge >= 0.3 is 0 Å². The smallest absolute Gasteiger partial charge is 0.133 e. The molecule has 0 amide bonds. The molecule has 2 rings (SSSR count). The molecule has 1 N–H and O–H groups in total. The first-order chi connectivity index (χ1) is 7.72. The topological polar surface area (TPSA) is 21.3 Å². The Morgan fingerprint density at radius 2 is 2.12 bits per heavy atom. The van der Waals surface area contributed by atoms with Gasteiger partial charge in [0.1, 0.15) is 11.9 Å². The molecule has 88 valence electrons. The maximum absolute atomic E-state index is 6.06. The summed E-state index contributed by atoms with van der Waals surface area (Å²) >= 11 is 1.89. The van der Waals surface area contributed by atoms with Gasteiger partial charge in [0.05, 0.1) is 0 Å². The zero-order valence-corrected chi connectivity index (χ0v) is 10.9. The zero-order valence-electron chi connectivity index (χ0n) is 10.1. The summed E-state index contributed by atoms with van der Waals surface area (Å²) in [6.45, 7) is 4.46. The van der Waals surface area contributed by atoms with Gasteiger partial charge in [-0.15, -0.1) is 11.8 Å². The Bertz CT molecular complexity index is 354. The van der Waals surface area contributed by atoms with Crippen molar-refractivity contribution in [3.8, 4) is 5.75 Å². The minimum atomic E-state index is 0.268. The molecule has 1 aromatic rings. The van der Waals surface area contributed by atoms with E-state index in [1.807, 2.05) is 24.9 Å². The highest BCUT2D eigenvalue weighted by Crippen LogP contribution is 2.36. The lowest BCUT2D eigenvalue weighted by Gasteiger charge is -2.33. The van der Waals surface area contributed by atoms with E-state index < -0.39 is 0 Å². The Balaban J connectivity index is 2.12. The summed E-state index contributed by atoms with van der Waals surface area (Å²) in [7, 11) is 2.01. The molecular formula is C13H19NOS. The molecule has 2 atom stereocenters. The van der Waals surface area contributed by atoms with Gasteiger partial charge in [0.15, 0.2) is 0 Å². The molecular weight excluding hydrogens is 218 g/mol. The molecule has 2 nitrogen and oxygen atoms in total. The van der Waals surface area contributed by atoms with Crippen molar-refractivity contribution >= 4 is 11.8 Å². The molecule has 0 fully saturated rings. The van der Waals surface area contributed by atoms with Gasteiger partial charge in [-0.25, -0.2) is 0 Å². The highest BCUT2D eigenvalue weighted by Gasteiger charge is 2.28. The van der Waals surface area contributed by atoms with Gasteiger partial charge in [0, 0.05) is 16.7 Å². The summed E-state index contributed by atoms with van der Waals surface area (Å²) in [4.78, 5) is 1.26. The Labute approximate surface area is 102 Å². The van der Waals surface area contributed by atoms with Crippen LogP contribution in [0.15, 0.2) is 29.2 Å². The highest BCUT2D eigenvalue weighted by molar-refractivity contribution is 7.99. The van der Waals surface area contributed by atoms with Crippen molar-refractivity contribution < 1.29 is 4.74 Å². The van der Waals surface area contributed by atoms with E-state index in [1.165, 1.54) is 4.90 Å². The summed E-state index contributed by atoms with van der Waals surface area (Å²) in [6, 6.07) is 8.70. The quantitative estimate of drug-likeness (QED) is 0.873. The third-order valence-corrected chi connectivity index (χ3v) is 4.13. The molecule has 16 heavy (non-hydrogen) atoms. The van der Waals surface area contributed by atoms with Gasteiger partial charge in [-0.1, -0.05) is 26.0 Å². The summed E-state index contributed by atoms with van der Waals surface area (Å²) in [5.41, 5.74) is 0. The molecule has 0 saturated carbocycles. The van der Waals surface area contributed by atoms with E-state index in [2.05, 4.69) is 37.4 Å². The summed E-state index contributed by atoms with van der Waals surface area (Å²) < 4.78 is 6.06. The van der Waals surface area contributed by atoms with Crippen LogP contribution in [0.25, 0.3) is 0 Å². The summed E-state index contributed by atoms with van der Waals surface area (Å²) in [6.07, 6.45) is 0.268. The number of nitrogens with one attached hydrogen (secondary N) is 1. The van der Waals surface area contributed by atoms with Gasteiger partial charge in [0.2, 0.25) is 0 Å². The summed E-state index contributed by atoms with van der Waals surface area (Å²) in [5, 5.41) is 3.36. The largest absolute Gasteiger partial charge is 0.487 e. The van der Waals surface area contributed by atoms with Crippen LogP contribution in [0.2, 0.25) is 0 Å². The van der Waals surface area contributed by atoms with Crippen LogP contribution in [0, 0.1) is 5.92 Å². The van der Waals surface area contributed by atoms with Crippen LogP contribution in [-0.4, -0.2) is 24.9 Å². The lowest BCUT2D eigenvalue weighted by Crippen LogP contribution is -2.47. The Hall–Kier alpha value is -0.670. The average Bonchev–Trinajstić information content (AvgIpc) is 2.29. The van der Waals surface area contributed by atoms with Gasteiger partial charge in [-0.05, 0) is 25.1 Å². The second-order valence-corrected chi connectivity index (χ2v) is 5.53. The minimum absolute atomic E-state index is 0.268. The predicted molar refractivity (Wildman–Crippen MR) is 69.3 cm³/mol. The second kappa shape index (κ2) is 5.11. The number of fused-ring (bicyclic) bond motifs is 1. The third-order valence-electron chi connectivity index (χ3n) is 2.98. The minimum Gasteiger partial charge on any atom is -0.487 e. The van der Waals surface area contributed by atoms with Crippen molar-refractivity contribution in [3.63, 3.8) is 0 Å². The van der Waals surface area contributed by atoms with Crippen molar-refractivity contribution in [2.45, 2.75) is 30.9 Å². The number of thioether (sulfide) groups is 1. The van der Waals surface area contributed by atoms with Gasteiger partial charge in [-0.2, -0.15) is 0 Å². The monoisotopic (exact) mass is 237 g/mol. The fraction of sp³-hybridized carbons (Fsp3) is 0.538. The zero-order chi connectivity index (χ0) is 11.5. The van der Waals surface area contributed by atoms with E-state index in [9.17, 15) is 0 Å². The highest BCUT2D eigenvalue weighted by atomic mass is 32.2. The van der Waals surface area contributed by atoms with Crippen molar-refractivity contribution in [3.05, 3.63) is 24.3 Å². The molecule has 0 radical (unpaired) electrons. The van der Waals surface area contributed by atoms with Crippen molar-refractivity contribution in [1.29, 1.82) is 0 Å². The maximum atomic E-state index is 6.06. The van der Waals surface area contributed by atoms with Crippen molar-refractivity contribution in [2.75, 3.05) is 12.8 Å². The first-order valence-corrected chi connectivity index (χ1v) is 6.76. The van der Waals surface area contributed by atoms with Crippen LogP contribution >= 0.6 is 11.8 Å². The predicted octanol–water partition coefficient (Wildman–Crippen LogP) is 2.78. The maximum Gasteiger partial charge on any atom is 0.133 e. The number of rotatable bonds is 3. The van der Waals surface area contributed by atoms with Crippen LogP contribution in [0.1, 0.15) is 13.8 Å². The van der Waals surface area contributed by atoms with E-state index in [0.717, 1.165) is 11.5 Å². The lowest BCUT2D eigenvalue weighted by atomic mass is 9.99. The molecule has 1 aliphatic heterocycles. The molecule has 1 heterocycles. The number of ether oxygens (including phenoxy) is 1. The fourth-order valence-electron chi connectivity index (χ4n) is 2.16. The van der Waals surface area contributed by atoms with E-state index in [4.69, 9.17) is 4.74 Å². The number of benzene rings is 1. The fourth-order valence-corrected chi connectivity index (χ4v) is 3.21. The first kappa shape index (κ1) is 11.8. The van der Waals surface area contributed by atoms with Crippen LogP contribution < -0.4 is 10.1 Å². The van der Waals surface area contributed by atoms with Crippen LogP contribution in [0.5, 0.6) is 5.75 Å². The molecule has 2 unspecified atom stereocenters. The number of hydrogen-bond donors (Lipinski definition) is 1. The number of likely N-dealkylation sites (N-methyl/N-ethyl adjacent to an activating group) is 1. The molecule has 0 bridgehead atoms. The van der Waals surface area contributed by atoms with E-state index in [-0.39, 0.29) is 6.10 Å². The Morgan fingerprint density at radius 3 is 2.81 bits per heavy atom. The normalized spacial score (nSPS) is 21.4. The van der Waals surface area contributed by atoms with Gasteiger partial charge in [-0.3, -0.25) is 0 Å². The number of para-hydroxylation sites is 1. The first-order valence-electron chi connectivity index (χ1n) is 5.78. The standard InChI is InChI=1S/C13H19NOS/c1-9(2)13(14-3)11-8-16-12-7-5-4-6-10(12)15-11/h4-7,9,11,13-14H,8H2,1-3H3. The SMILES string of the molecule is CNC(C(C)C)C1CSc2ccccc2O1.